The third kappa shape index (κ3) is 12.3. The van der Waals surface area contributed by atoms with Crippen molar-refractivity contribution >= 4 is 0 Å². The molecule has 0 aromatic carbocycles. The van der Waals surface area contributed by atoms with Crippen LogP contribution in [0.4, 0.5) is 0 Å². The Bertz CT molecular complexity index is 4.00. The predicted molar refractivity (Wildman–Crippen MR) is 1.37 cm³/mol. The van der Waals surface area contributed by atoms with Gasteiger partial charge >= 0.3 is 34.1 Å². The van der Waals surface area contributed by atoms with Crippen LogP contribution in [0.5, 0.6) is 0 Å². The smallest absolute Gasteiger partial charge is 2.00 e. The van der Waals surface area contributed by atoms with Gasteiger partial charge in [0.2, 0.25) is 0 Å². The molecule has 26 valence electrons. The molecule has 2 nitrogen and oxygen atoms in total. The first-order valence-electron chi connectivity index (χ1n) is 0. The third-order valence-corrected chi connectivity index (χ3v) is 0. The van der Waals surface area contributed by atoms with Gasteiger partial charge in [0.05, 0.1) is 0 Å². The summed E-state index contributed by atoms with van der Waals surface area (Å²) in [6.45, 7) is 0. The fraction of sp³-hybridized carbons (Fsp3) is 0. The van der Waals surface area contributed by atoms with Crippen LogP contribution in [0, 0.1) is 0 Å². The van der Waals surface area contributed by atoms with Crippen molar-refractivity contribution in [1.82, 2.24) is 0 Å². The van der Waals surface area contributed by atoms with Crippen LogP contribution in [0.15, 0.2) is 0 Å². The van der Waals surface area contributed by atoms with Gasteiger partial charge in [0.15, 0.2) is 0 Å². The fourth-order valence-electron chi connectivity index (χ4n) is 0. The van der Waals surface area contributed by atoms with Gasteiger partial charge in [-0.25, -0.2) is 0 Å². The number of hydrogen-bond acceptors (Lipinski definition) is 0. The quantitative estimate of drug-likeness (QED) is 0.421. The zero-order valence-corrected chi connectivity index (χ0v) is 3.73. The average molecular weight is 144 g/mol. The second-order valence-corrected chi connectivity index (χ2v) is 0. The Morgan fingerprint density at radius 1 is 0.500 bits per heavy atom. The summed E-state index contributed by atoms with van der Waals surface area (Å²) in [4.78, 5) is 0. The van der Waals surface area contributed by atoms with E-state index in [9.17, 15) is 0 Å². The van der Waals surface area contributed by atoms with E-state index in [1.54, 1.807) is 0 Å². The van der Waals surface area contributed by atoms with E-state index >= 15 is 0 Å². The van der Waals surface area contributed by atoms with E-state index in [2.05, 4.69) is 0 Å². The molecule has 0 atom stereocenters. The standard InChI is InChI=1S/2Fe.2O/q2*+3;2*-2. The van der Waals surface area contributed by atoms with Gasteiger partial charge in [-0.05, 0) is 0 Å². The van der Waals surface area contributed by atoms with Crippen molar-refractivity contribution in [2.75, 3.05) is 0 Å². The Labute approximate surface area is 45.5 Å². The Balaban J connectivity index is 0. The Kier molecular flexibility index (Phi) is 796. The van der Waals surface area contributed by atoms with Crippen molar-refractivity contribution in [2.24, 2.45) is 0 Å². The van der Waals surface area contributed by atoms with Crippen molar-refractivity contribution in [1.29, 1.82) is 0 Å². The van der Waals surface area contributed by atoms with Crippen LogP contribution in [-0.2, 0) is 45.1 Å². The predicted octanol–water partition coefficient (Wildman–Crippen LogP) is -0.243. The Morgan fingerprint density at radius 2 is 0.500 bits per heavy atom. The molecule has 0 spiro atoms. The van der Waals surface area contributed by atoms with Crippen LogP contribution < -0.4 is 0 Å². The van der Waals surface area contributed by atoms with E-state index < -0.39 is 0 Å². The molecule has 0 saturated carbocycles. The third-order valence-electron chi connectivity index (χ3n) is 0. The molecule has 0 aromatic heterocycles. The molecule has 0 aromatic rings. The summed E-state index contributed by atoms with van der Waals surface area (Å²) in [6.07, 6.45) is 0. The molecule has 0 fully saturated rings. The molecule has 0 heterocycles. The molecule has 2 radical (unpaired) electrons. The summed E-state index contributed by atoms with van der Waals surface area (Å²) in [5.41, 5.74) is 0. The van der Waals surface area contributed by atoms with Gasteiger partial charge in [-0.2, -0.15) is 0 Å². The van der Waals surface area contributed by atoms with Crippen LogP contribution in [0.1, 0.15) is 0 Å². The van der Waals surface area contributed by atoms with Gasteiger partial charge in [0, 0.05) is 0 Å². The molecule has 4 heavy (non-hydrogen) atoms. The summed E-state index contributed by atoms with van der Waals surface area (Å²) in [5.74, 6) is 0. The van der Waals surface area contributed by atoms with Gasteiger partial charge in [-0.1, -0.05) is 0 Å². The second-order valence-electron chi connectivity index (χ2n) is 0. The molecule has 0 aliphatic rings. The fourth-order valence-corrected chi connectivity index (χ4v) is 0. The summed E-state index contributed by atoms with van der Waals surface area (Å²) < 4.78 is 0. The maximum atomic E-state index is 0. The molecule has 0 amide bonds. The summed E-state index contributed by atoms with van der Waals surface area (Å²) in [6, 6.07) is 0. The van der Waals surface area contributed by atoms with Crippen molar-refractivity contribution in [2.45, 2.75) is 0 Å². The number of hydrogen-bond donors (Lipinski definition) is 0. The minimum atomic E-state index is 0. The molecule has 0 saturated heterocycles. The first-order valence-corrected chi connectivity index (χ1v) is 0. The van der Waals surface area contributed by atoms with Crippen LogP contribution in [-0.4, -0.2) is 0 Å². The normalized spacial score (nSPS) is 0. The molecule has 0 bridgehead atoms. The van der Waals surface area contributed by atoms with Gasteiger partial charge in [-0.15, -0.1) is 0 Å². The van der Waals surface area contributed by atoms with E-state index in [0.717, 1.165) is 0 Å². The second kappa shape index (κ2) is 37.7. The Hall–Kier alpha value is 0.959. The van der Waals surface area contributed by atoms with Crippen molar-refractivity contribution in [3.63, 3.8) is 0 Å². The minimum absolute atomic E-state index is 0. The van der Waals surface area contributed by atoms with E-state index in [0.29, 0.717) is 0 Å². The van der Waals surface area contributed by atoms with Crippen LogP contribution in [0.2, 0.25) is 0 Å². The molecule has 0 aliphatic heterocycles. The first-order chi connectivity index (χ1) is 0. The molecule has 0 rings (SSSR count). The SMILES string of the molecule is [Fe+3].[Fe+3].[O-2].[O-2]. The summed E-state index contributed by atoms with van der Waals surface area (Å²) in [7, 11) is 0. The molecular weight excluding hydrogens is 144 g/mol. The van der Waals surface area contributed by atoms with Crippen LogP contribution in [0.3, 0.4) is 0 Å². The van der Waals surface area contributed by atoms with Crippen molar-refractivity contribution in [3.8, 4) is 0 Å². The van der Waals surface area contributed by atoms with E-state index in [1.807, 2.05) is 0 Å². The van der Waals surface area contributed by atoms with Crippen LogP contribution >= 0.6 is 0 Å². The van der Waals surface area contributed by atoms with E-state index in [4.69, 9.17) is 0 Å². The van der Waals surface area contributed by atoms with E-state index in [-0.39, 0.29) is 45.1 Å². The van der Waals surface area contributed by atoms with Gasteiger partial charge < -0.3 is 11.0 Å². The van der Waals surface area contributed by atoms with Gasteiger partial charge in [-0.3, -0.25) is 0 Å². The monoisotopic (exact) mass is 144 g/mol. The maximum absolute atomic E-state index is 0. The topological polar surface area (TPSA) is 57.0 Å². The molecular formula is Fe2O2+2. The van der Waals surface area contributed by atoms with Gasteiger partial charge in [0.25, 0.3) is 0 Å². The van der Waals surface area contributed by atoms with E-state index in [1.165, 1.54) is 0 Å². The van der Waals surface area contributed by atoms with Crippen molar-refractivity contribution in [3.05, 3.63) is 0 Å². The molecule has 0 N–H and O–H groups in total. The number of rotatable bonds is 0. The first kappa shape index (κ1) is 84.5. The average Bonchev–Trinajstić information content (AvgIpc) is 0. The van der Waals surface area contributed by atoms with Gasteiger partial charge in [0.1, 0.15) is 0 Å². The molecule has 0 unspecified atom stereocenters. The van der Waals surface area contributed by atoms with Crippen molar-refractivity contribution < 1.29 is 45.1 Å². The zero-order chi connectivity index (χ0) is 0. The zero-order valence-electron chi connectivity index (χ0n) is 1.52. The Morgan fingerprint density at radius 3 is 0.500 bits per heavy atom. The van der Waals surface area contributed by atoms with Crippen LogP contribution in [0.25, 0.3) is 0 Å². The largest absolute Gasteiger partial charge is 3.00 e. The maximum Gasteiger partial charge on any atom is 3.00 e. The molecule has 0 aliphatic carbocycles. The summed E-state index contributed by atoms with van der Waals surface area (Å²) >= 11 is 0. The minimum Gasteiger partial charge on any atom is -2.00 e. The summed E-state index contributed by atoms with van der Waals surface area (Å²) in [5, 5.41) is 0. The molecule has 4 heteroatoms.